The smallest absolute Gasteiger partial charge is 0.220 e. The van der Waals surface area contributed by atoms with E-state index in [9.17, 15) is 4.79 Å². The molecule has 0 saturated heterocycles. The average molecular weight is 388 g/mol. The van der Waals surface area contributed by atoms with Crippen LogP contribution in [0.4, 0.5) is 5.69 Å². The minimum atomic E-state index is 0. The highest BCUT2D eigenvalue weighted by Crippen LogP contribution is 2.18. The lowest BCUT2D eigenvalue weighted by atomic mass is 10.3. The van der Waals surface area contributed by atoms with Crippen LogP contribution in [0.2, 0.25) is 0 Å². The fraction of sp³-hybridized carbons (Fsp3) is 0.429. The van der Waals surface area contributed by atoms with Crippen molar-refractivity contribution < 1.29 is 4.79 Å². The van der Waals surface area contributed by atoms with E-state index in [1.54, 1.807) is 0 Å². The van der Waals surface area contributed by atoms with Crippen molar-refractivity contribution in [2.75, 3.05) is 11.9 Å². The average Bonchev–Trinajstić information content (AvgIpc) is 3.20. The van der Waals surface area contributed by atoms with Gasteiger partial charge in [0.25, 0.3) is 0 Å². The predicted octanol–water partition coefficient (Wildman–Crippen LogP) is 2.09. The number of carbonyl (C=O) groups is 1. The second-order valence-electron chi connectivity index (χ2n) is 4.70. The number of nitrogens with two attached hydrogens (primary N) is 1. The van der Waals surface area contributed by atoms with Gasteiger partial charge in [0, 0.05) is 24.7 Å². The molecule has 110 valence electrons. The number of amides is 1. The number of hydrogen-bond donors (Lipinski definition) is 3. The standard InChI is InChI=1S/C14H20N4O.HI/c15-14(18-11-5-2-1-3-6-11)16-10-4-7-13(19)17-12-8-9-12;/h1-3,5-6,12H,4,7-10H2,(H,17,19)(H3,15,16,18);1H. The Balaban J connectivity index is 0.00000200. The first-order valence-corrected chi connectivity index (χ1v) is 6.65. The highest BCUT2D eigenvalue weighted by Gasteiger charge is 2.22. The van der Waals surface area contributed by atoms with Crippen molar-refractivity contribution in [1.29, 1.82) is 0 Å². The van der Waals surface area contributed by atoms with E-state index in [0.29, 0.717) is 25.0 Å². The fourth-order valence-corrected chi connectivity index (χ4v) is 1.68. The van der Waals surface area contributed by atoms with Gasteiger partial charge in [0.2, 0.25) is 5.91 Å². The zero-order chi connectivity index (χ0) is 13.5. The summed E-state index contributed by atoms with van der Waals surface area (Å²) in [6.45, 7) is 0.559. The second-order valence-corrected chi connectivity index (χ2v) is 4.70. The zero-order valence-corrected chi connectivity index (χ0v) is 13.7. The molecule has 2 rings (SSSR count). The first-order valence-electron chi connectivity index (χ1n) is 6.65. The van der Waals surface area contributed by atoms with Crippen LogP contribution >= 0.6 is 24.0 Å². The first-order chi connectivity index (χ1) is 9.24. The van der Waals surface area contributed by atoms with Crippen LogP contribution in [0.1, 0.15) is 25.7 Å². The molecule has 0 unspecified atom stereocenters. The molecule has 20 heavy (non-hydrogen) atoms. The van der Waals surface area contributed by atoms with E-state index in [1.165, 1.54) is 0 Å². The molecule has 1 aromatic rings. The normalized spacial score (nSPS) is 14.3. The molecule has 1 aliphatic carbocycles. The maximum Gasteiger partial charge on any atom is 0.220 e. The molecule has 6 heteroatoms. The molecular formula is C14H21IN4O. The fourth-order valence-electron chi connectivity index (χ4n) is 1.68. The van der Waals surface area contributed by atoms with Gasteiger partial charge in [0.05, 0.1) is 0 Å². The lowest BCUT2D eigenvalue weighted by Gasteiger charge is -2.05. The van der Waals surface area contributed by atoms with Crippen molar-refractivity contribution in [1.82, 2.24) is 5.32 Å². The lowest BCUT2D eigenvalue weighted by Crippen LogP contribution is -2.25. The summed E-state index contributed by atoms with van der Waals surface area (Å²) in [6, 6.07) is 10.1. The monoisotopic (exact) mass is 388 g/mol. The van der Waals surface area contributed by atoms with Crippen LogP contribution in [-0.2, 0) is 4.79 Å². The molecule has 1 saturated carbocycles. The van der Waals surface area contributed by atoms with Crippen LogP contribution in [0.5, 0.6) is 0 Å². The molecule has 0 radical (unpaired) electrons. The van der Waals surface area contributed by atoms with Gasteiger partial charge in [0.15, 0.2) is 5.96 Å². The van der Waals surface area contributed by atoms with Crippen LogP contribution in [0.15, 0.2) is 35.3 Å². The third-order valence-corrected chi connectivity index (χ3v) is 2.83. The van der Waals surface area contributed by atoms with E-state index in [0.717, 1.165) is 24.9 Å². The maximum atomic E-state index is 11.4. The summed E-state index contributed by atoms with van der Waals surface area (Å²) in [6.07, 6.45) is 3.48. The highest BCUT2D eigenvalue weighted by molar-refractivity contribution is 14.0. The van der Waals surface area contributed by atoms with Crippen molar-refractivity contribution >= 4 is 41.5 Å². The Morgan fingerprint density at radius 1 is 1.30 bits per heavy atom. The van der Waals surface area contributed by atoms with Gasteiger partial charge in [-0.15, -0.1) is 24.0 Å². The van der Waals surface area contributed by atoms with Gasteiger partial charge in [-0.1, -0.05) is 18.2 Å². The van der Waals surface area contributed by atoms with E-state index >= 15 is 0 Å². The summed E-state index contributed by atoms with van der Waals surface area (Å²) in [5, 5.41) is 5.95. The number of carbonyl (C=O) groups excluding carboxylic acids is 1. The summed E-state index contributed by atoms with van der Waals surface area (Å²) < 4.78 is 0. The van der Waals surface area contributed by atoms with Crippen LogP contribution in [0.3, 0.4) is 0 Å². The van der Waals surface area contributed by atoms with Crippen molar-refractivity contribution in [2.45, 2.75) is 31.7 Å². The highest BCUT2D eigenvalue weighted by atomic mass is 127. The Bertz CT molecular complexity index is 446. The van der Waals surface area contributed by atoms with Gasteiger partial charge in [-0.05, 0) is 31.4 Å². The number of rotatable bonds is 6. The minimum absolute atomic E-state index is 0. The van der Waals surface area contributed by atoms with Crippen molar-refractivity contribution in [2.24, 2.45) is 10.7 Å². The van der Waals surface area contributed by atoms with Crippen LogP contribution < -0.4 is 16.4 Å². The molecule has 0 aliphatic heterocycles. The Hall–Kier alpha value is -1.31. The van der Waals surface area contributed by atoms with E-state index in [1.807, 2.05) is 30.3 Å². The van der Waals surface area contributed by atoms with Gasteiger partial charge in [-0.25, -0.2) is 0 Å². The van der Waals surface area contributed by atoms with Crippen molar-refractivity contribution in [3.63, 3.8) is 0 Å². The van der Waals surface area contributed by atoms with Crippen LogP contribution in [0, 0.1) is 0 Å². The number of benzene rings is 1. The van der Waals surface area contributed by atoms with Crippen molar-refractivity contribution in [3.05, 3.63) is 30.3 Å². The second kappa shape index (κ2) is 8.78. The SMILES string of the molecule is I.NC(=NCCCC(=O)NC1CC1)Nc1ccccc1. The van der Waals surface area contributed by atoms with E-state index in [-0.39, 0.29) is 29.9 Å². The molecule has 4 N–H and O–H groups in total. The molecule has 0 atom stereocenters. The maximum absolute atomic E-state index is 11.4. The summed E-state index contributed by atoms with van der Waals surface area (Å²) in [5.41, 5.74) is 6.66. The number of nitrogens with zero attached hydrogens (tertiary/aromatic N) is 1. The van der Waals surface area contributed by atoms with Crippen LogP contribution in [-0.4, -0.2) is 24.5 Å². The summed E-state index contributed by atoms with van der Waals surface area (Å²) in [5.74, 6) is 0.501. The number of halogens is 1. The minimum Gasteiger partial charge on any atom is -0.370 e. The quantitative estimate of drug-likeness (QED) is 0.302. The number of anilines is 1. The lowest BCUT2D eigenvalue weighted by molar-refractivity contribution is -0.121. The molecular weight excluding hydrogens is 367 g/mol. The van der Waals surface area contributed by atoms with E-state index in [4.69, 9.17) is 5.73 Å². The first kappa shape index (κ1) is 16.7. The van der Waals surface area contributed by atoms with Gasteiger partial charge >= 0.3 is 0 Å². The Morgan fingerprint density at radius 3 is 2.65 bits per heavy atom. The predicted molar refractivity (Wildman–Crippen MR) is 92.4 cm³/mol. The Labute approximate surface area is 136 Å². The van der Waals surface area contributed by atoms with Gasteiger partial charge < -0.3 is 16.4 Å². The molecule has 1 amide bonds. The number of guanidine groups is 1. The molecule has 1 fully saturated rings. The number of aliphatic imine (C=N–C) groups is 1. The summed E-state index contributed by atoms with van der Waals surface area (Å²) in [4.78, 5) is 15.6. The van der Waals surface area contributed by atoms with Crippen LogP contribution in [0.25, 0.3) is 0 Å². The molecule has 0 spiro atoms. The number of hydrogen-bond acceptors (Lipinski definition) is 2. The molecule has 0 aromatic heterocycles. The number of para-hydroxylation sites is 1. The molecule has 0 heterocycles. The molecule has 0 bridgehead atoms. The zero-order valence-electron chi connectivity index (χ0n) is 11.3. The van der Waals surface area contributed by atoms with E-state index < -0.39 is 0 Å². The van der Waals surface area contributed by atoms with Crippen molar-refractivity contribution in [3.8, 4) is 0 Å². The summed E-state index contributed by atoms with van der Waals surface area (Å²) in [7, 11) is 0. The largest absolute Gasteiger partial charge is 0.370 e. The topological polar surface area (TPSA) is 79.5 Å². The third kappa shape index (κ3) is 6.74. The van der Waals surface area contributed by atoms with Gasteiger partial charge in [-0.2, -0.15) is 0 Å². The Morgan fingerprint density at radius 2 is 2.00 bits per heavy atom. The van der Waals surface area contributed by atoms with E-state index in [2.05, 4.69) is 15.6 Å². The Kier molecular flexibility index (Phi) is 7.35. The number of nitrogens with one attached hydrogen (secondary N) is 2. The molecule has 1 aliphatic rings. The van der Waals surface area contributed by atoms with Gasteiger partial charge in [-0.3, -0.25) is 9.79 Å². The summed E-state index contributed by atoms with van der Waals surface area (Å²) >= 11 is 0. The van der Waals surface area contributed by atoms with Gasteiger partial charge in [0.1, 0.15) is 0 Å². The molecule has 1 aromatic carbocycles. The third-order valence-electron chi connectivity index (χ3n) is 2.83. The molecule has 5 nitrogen and oxygen atoms in total.